The van der Waals surface area contributed by atoms with Gasteiger partial charge in [-0.25, -0.2) is 14.3 Å². The molecule has 24 heavy (non-hydrogen) atoms. The maximum atomic E-state index is 11.5. The van der Waals surface area contributed by atoms with Crippen molar-refractivity contribution in [2.45, 2.75) is 26.7 Å². The first-order valence-electron chi connectivity index (χ1n) is 7.54. The molecule has 0 atom stereocenters. The van der Waals surface area contributed by atoms with Crippen LogP contribution in [0, 0.1) is 6.92 Å². The molecule has 0 aliphatic carbocycles. The van der Waals surface area contributed by atoms with Gasteiger partial charge in [0.2, 0.25) is 0 Å². The third-order valence-corrected chi connectivity index (χ3v) is 3.89. The van der Waals surface area contributed by atoms with Gasteiger partial charge in [0.05, 0.1) is 5.56 Å². The largest absolute Gasteiger partial charge is 0.508 e. The molecule has 124 valence electrons. The Hall–Kier alpha value is -3.09. The predicted octanol–water partition coefficient (Wildman–Crippen LogP) is 3.31. The van der Waals surface area contributed by atoms with Gasteiger partial charge >= 0.3 is 5.97 Å². The average Bonchev–Trinajstić information content (AvgIpc) is 2.92. The number of fused-ring (bicyclic) bond motifs is 1. The van der Waals surface area contributed by atoms with Gasteiger partial charge in [0, 0.05) is 23.5 Å². The molecule has 0 aliphatic rings. The van der Waals surface area contributed by atoms with Crippen LogP contribution < -0.4 is 5.32 Å². The lowest BCUT2D eigenvalue weighted by molar-refractivity contribution is 0.0695. The topological polar surface area (TPSA) is 99.8 Å². The number of carbonyl (C=O) groups is 1. The van der Waals surface area contributed by atoms with Crippen LogP contribution >= 0.6 is 0 Å². The Morgan fingerprint density at radius 3 is 2.71 bits per heavy atom. The summed E-state index contributed by atoms with van der Waals surface area (Å²) in [6, 6.07) is 5.22. The van der Waals surface area contributed by atoms with Crippen molar-refractivity contribution in [2.24, 2.45) is 0 Å². The van der Waals surface area contributed by atoms with Crippen molar-refractivity contribution in [3.63, 3.8) is 0 Å². The molecule has 7 heteroatoms. The molecule has 2 aromatic heterocycles. The van der Waals surface area contributed by atoms with Gasteiger partial charge in [-0.3, -0.25) is 0 Å². The summed E-state index contributed by atoms with van der Waals surface area (Å²) in [5.74, 6) is -0.345. The van der Waals surface area contributed by atoms with E-state index >= 15 is 0 Å². The van der Waals surface area contributed by atoms with E-state index < -0.39 is 5.97 Å². The van der Waals surface area contributed by atoms with Crippen molar-refractivity contribution in [3.8, 4) is 5.75 Å². The van der Waals surface area contributed by atoms with Crippen molar-refractivity contribution >= 4 is 23.0 Å². The van der Waals surface area contributed by atoms with E-state index in [2.05, 4.69) is 15.4 Å². The Balaban J connectivity index is 2.17. The van der Waals surface area contributed by atoms with Gasteiger partial charge in [-0.2, -0.15) is 5.10 Å². The molecule has 0 fully saturated rings. The molecule has 3 aromatic rings. The van der Waals surface area contributed by atoms with Gasteiger partial charge in [0.15, 0.2) is 5.82 Å². The van der Waals surface area contributed by atoms with E-state index in [1.165, 1.54) is 17.0 Å². The molecule has 0 unspecified atom stereocenters. The van der Waals surface area contributed by atoms with Crippen LogP contribution in [0.4, 0.5) is 11.5 Å². The zero-order valence-corrected chi connectivity index (χ0v) is 13.6. The fourth-order valence-electron chi connectivity index (χ4n) is 2.71. The average molecular weight is 326 g/mol. The lowest BCUT2D eigenvalue weighted by Crippen LogP contribution is -2.03. The fraction of sp³-hybridized carbons (Fsp3) is 0.235. The van der Waals surface area contributed by atoms with E-state index in [4.69, 9.17) is 0 Å². The molecule has 3 N–H and O–H groups in total. The molecule has 0 bridgehead atoms. The number of rotatable bonds is 4. The number of phenolic OH excluding ortho intramolecular Hbond substituents is 1. The van der Waals surface area contributed by atoms with Crippen molar-refractivity contribution in [1.82, 2.24) is 14.6 Å². The number of benzene rings is 1. The highest BCUT2D eigenvalue weighted by atomic mass is 16.4. The number of aromatic nitrogens is 3. The number of nitrogens with zero attached hydrogens (tertiary/aromatic N) is 3. The highest BCUT2D eigenvalue weighted by molar-refractivity contribution is 5.95. The summed E-state index contributed by atoms with van der Waals surface area (Å²) in [5, 5.41) is 26.6. The van der Waals surface area contributed by atoms with E-state index in [0.29, 0.717) is 22.6 Å². The van der Waals surface area contributed by atoms with E-state index in [-0.39, 0.29) is 17.2 Å². The zero-order valence-electron chi connectivity index (χ0n) is 13.6. The Morgan fingerprint density at radius 2 is 2.08 bits per heavy atom. The Bertz CT molecular complexity index is 931. The van der Waals surface area contributed by atoms with Crippen molar-refractivity contribution in [3.05, 3.63) is 47.4 Å². The van der Waals surface area contributed by atoms with Crippen molar-refractivity contribution < 1.29 is 15.0 Å². The van der Waals surface area contributed by atoms with Gasteiger partial charge in [-0.15, -0.1) is 0 Å². The molecule has 0 saturated heterocycles. The Labute approximate surface area is 138 Å². The highest BCUT2D eigenvalue weighted by Gasteiger charge is 2.22. The van der Waals surface area contributed by atoms with E-state index in [9.17, 15) is 15.0 Å². The van der Waals surface area contributed by atoms with Gasteiger partial charge in [-0.1, -0.05) is 19.9 Å². The molecule has 3 rings (SSSR count). The summed E-state index contributed by atoms with van der Waals surface area (Å²) >= 11 is 0. The number of carboxylic acids is 1. The summed E-state index contributed by atoms with van der Waals surface area (Å²) in [7, 11) is 0. The first-order chi connectivity index (χ1) is 11.4. The van der Waals surface area contributed by atoms with E-state index in [1.54, 1.807) is 12.1 Å². The number of hydrogen-bond donors (Lipinski definition) is 3. The summed E-state index contributed by atoms with van der Waals surface area (Å²) in [5.41, 5.74) is 2.92. The van der Waals surface area contributed by atoms with Crippen LogP contribution in [0.15, 0.2) is 30.7 Å². The van der Waals surface area contributed by atoms with Crippen LogP contribution in [0.1, 0.15) is 41.3 Å². The van der Waals surface area contributed by atoms with Crippen LogP contribution in [0.3, 0.4) is 0 Å². The molecule has 0 radical (unpaired) electrons. The molecule has 0 saturated carbocycles. The highest BCUT2D eigenvalue weighted by Crippen LogP contribution is 2.32. The maximum Gasteiger partial charge on any atom is 0.337 e. The number of hydrogen-bond acceptors (Lipinski definition) is 5. The molecule has 1 aromatic carbocycles. The quantitative estimate of drug-likeness (QED) is 0.680. The van der Waals surface area contributed by atoms with Crippen LogP contribution in [-0.2, 0) is 0 Å². The molecule has 2 heterocycles. The fourth-order valence-corrected chi connectivity index (χ4v) is 2.71. The monoisotopic (exact) mass is 326 g/mol. The van der Waals surface area contributed by atoms with Gasteiger partial charge in [0.1, 0.15) is 17.6 Å². The van der Waals surface area contributed by atoms with E-state index in [0.717, 1.165) is 5.56 Å². The lowest BCUT2D eigenvalue weighted by Gasteiger charge is -2.11. The summed E-state index contributed by atoms with van der Waals surface area (Å²) in [6.45, 7) is 5.66. The molecular formula is C17H18N4O3. The van der Waals surface area contributed by atoms with Crippen molar-refractivity contribution in [1.29, 1.82) is 0 Å². The normalized spacial score (nSPS) is 11.2. The van der Waals surface area contributed by atoms with Crippen molar-refractivity contribution in [2.75, 3.05) is 5.32 Å². The minimum Gasteiger partial charge on any atom is -0.508 e. The minimum atomic E-state index is -0.997. The predicted molar refractivity (Wildman–Crippen MR) is 90.2 cm³/mol. The Kier molecular flexibility index (Phi) is 3.84. The third-order valence-electron chi connectivity index (χ3n) is 3.89. The zero-order chi connectivity index (χ0) is 17.4. The number of carboxylic acid groups (broad SMARTS) is 1. The standard InChI is InChI=1S/C17H18N4O3/c1-9(2)14-12(17(23)24)7-21-15(14)16(18-8-19-21)20-11-5-4-10(3)13(22)6-11/h4-9,22H,1-3H3,(H,23,24)(H,18,19,20). The van der Waals surface area contributed by atoms with Gasteiger partial charge in [0.25, 0.3) is 0 Å². The van der Waals surface area contributed by atoms with E-state index in [1.807, 2.05) is 26.8 Å². The summed E-state index contributed by atoms with van der Waals surface area (Å²) in [4.78, 5) is 15.8. The first-order valence-corrected chi connectivity index (χ1v) is 7.54. The van der Waals surface area contributed by atoms with Crippen LogP contribution in [0.2, 0.25) is 0 Å². The summed E-state index contributed by atoms with van der Waals surface area (Å²) in [6.07, 6.45) is 2.85. The van der Waals surface area contributed by atoms with Crippen LogP contribution in [0.25, 0.3) is 5.52 Å². The molecular weight excluding hydrogens is 308 g/mol. The number of aryl methyl sites for hydroxylation is 1. The second kappa shape index (κ2) is 5.84. The number of aromatic carboxylic acids is 1. The second-order valence-electron chi connectivity index (χ2n) is 5.94. The first kappa shape index (κ1) is 15.8. The Morgan fingerprint density at radius 1 is 1.33 bits per heavy atom. The molecule has 0 spiro atoms. The van der Waals surface area contributed by atoms with Crippen LogP contribution in [0.5, 0.6) is 5.75 Å². The van der Waals surface area contributed by atoms with Gasteiger partial charge in [-0.05, 0) is 24.5 Å². The number of aromatic hydroxyl groups is 1. The number of phenols is 1. The third kappa shape index (κ3) is 2.64. The maximum absolute atomic E-state index is 11.5. The van der Waals surface area contributed by atoms with Gasteiger partial charge < -0.3 is 15.5 Å². The lowest BCUT2D eigenvalue weighted by atomic mass is 10.00. The molecule has 0 amide bonds. The number of nitrogens with one attached hydrogen (secondary N) is 1. The summed E-state index contributed by atoms with van der Waals surface area (Å²) < 4.78 is 1.52. The molecule has 0 aliphatic heterocycles. The SMILES string of the molecule is Cc1ccc(Nc2ncnn3cc(C(=O)O)c(C(C)C)c23)cc1O. The smallest absolute Gasteiger partial charge is 0.337 e. The number of anilines is 2. The minimum absolute atomic E-state index is 0.0147. The second-order valence-corrected chi connectivity index (χ2v) is 5.94. The van der Waals surface area contributed by atoms with Crippen LogP contribution in [-0.4, -0.2) is 30.8 Å². The molecule has 7 nitrogen and oxygen atoms in total.